The van der Waals surface area contributed by atoms with Gasteiger partial charge in [-0.2, -0.15) is 0 Å². The van der Waals surface area contributed by atoms with E-state index in [-0.39, 0.29) is 5.57 Å². The summed E-state index contributed by atoms with van der Waals surface area (Å²) in [7, 11) is 1.53. The number of rotatable bonds is 10. The van der Waals surface area contributed by atoms with Crippen LogP contribution in [0.3, 0.4) is 0 Å². The predicted molar refractivity (Wildman–Crippen MR) is 102 cm³/mol. The standard InChI is InChI=1S/C20H26N2O5/c1-3-4-5-6-7-8-11-27-16-10-9-14(13-17(16)26-2)12-15-18(23)21-20(25)22-19(15)24/h9-10,12-13H,3-8,11H2,1-2H3,(H2,21,22,23,24,25). The van der Waals surface area contributed by atoms with Crippen LogP contribution in [0.4, 0.5) is 4.79 Å². The van der Waals surface area contributed by atoms with Gasteiger partial charge in [0, 0.05) is 0 Å². The van der Waals surface area contributed by atoms with E-state index in [2.05, 4.69) is 6.92 Å². The molecule has 0 saturated carbocycles. The van der Waals surface area contributed by atoms with Gasteiger partial charge in [-0.1, -0.05) is 45.1 Å². The average Bonchev–Trinajstić information content (AvgIpc) is 2.64. The lowest BCUT2D eigenvalue weighted by molar-refractivity contribution is -0.123. The van der Waals surface area contributed by atoms with Crippen molar-refractivity contribution in [1.82, 2.24) is 10.6 Å². The molecule has 1 aromatic carbocycles. The summed E-state index contributed by atoms with van der Waals surface area (Å²) in [4.78, 5) is 34.7. The van der Waals surface area contributed by atoms with Crippen molar-refractivity contribution in [2.45, 2.75) is 45.4 Å². The Labute approximate surface area is 159 Å². The lowest BCUT2D eigenvalue weighted by atomic mass is 10.1. The normalized spacial score (nSPS) is 13.9. The number of urea groups is 1. The van der Waals surface area contributed by atoms with Crippen LogP contribution >= 0.6 is 0 Å². The summed E-state index contributed by atoms with van der Waals surface area (Å²) < 4.78 is 11.1. The third-order valence-electron chi connectivity index (χ3n) is 4.20. The molecular formula is C20H26N2O5. The van der Waals surface area contributed by atoms with Gasteiger partial charge in [-0.3, -0.25) is 20.2 Å². The van der Waals surface area contributed by atoms with Crippen molar-refractivity contribution in [1.29, 1.82) is 0 Å². The third kappa shape index (κ3) is 6.13. The van der Waals surface area contributed by atoms with E-state index in [0.717, 1.165) is 12.8 Å². The van der Waals surface area contributed by atoms with Crippen molar-refractivity contribution in [3.63, 3.8) is 0 Å². The number of barbiturate groups is 1. The smallest absolute Gasteiger partial charge is 0.328 e. The highest BCUT2D eigenvalue weighted by molar-refractivity contribution is 6.31. The summed E-state index contributed by atoms with van der Waals surface area (Å²) in [6.45, 7) is 2.80. The molecule has 0 atom stereocenters. The summed E-state index contributed by atoms with van der Waals surface area (Å²) >= 11 is 0. The molecule has 2 rings (SSSR count). The van der Waals surface area contributed by atoms with E-state index in [9.17, 15) is 14.4 Å². The van der Waals surface area contributed by atoms with E-state index in [1.165, 1.54) is 38.9 Å². The van der Waals surface area contributed by atoms with Gasteiger partial charge >= 0.3 is 6.03 Å². The first-order valence-electron chi connectivity index (χ1n) is 9.24. The van der Waals surface area contributed by atoms with E-state index >= 15 is 0 Å². The monoisotopic (exact) mass is 374 g/mol. The van der Waals surface area contributed by atoms with Gasteiger partial charge in [-0.25, -0.2) is 4.79 Å². The van der Waals surface area contributed by atoms with E-state index in [4.69, 9.17) is 9.47 Å². The van der Waals surface area contributed by atoms with Gasteiger partial charge in [0.05, 0.1) is 13.7 Å². The number of methoxy groups -OCH3 is 1. The zero-order chi connectivity index (χ0) is 19.6. The summed E-state index contributed by atoms with van der Waals surface area (Å²) in [5.41, 5.74) is 0.450. The summed E-state index contributed by atoms with van der Waals surface area (Å²) in [5.74, 6) is -0.332. The maximum absolute atomic E-state index is 11.8. The Balaban J connectivity index is 1.97. The number of unbranched alkanes of at least 4 members (excludes halogenated alkanes) is 5. The van der Waals surface area contributed by atoms with Crippen molar-refractivity contribution in [2.24, 2.45) is 0 Å². The molecule has 146 valence electrons. The number of hydrogen-bond donors (Lipinski definition) is 2. The molecule has 7 heteroatoms. The molecule has 1 aromatic rings. The SMILES string of the molecule is CCCCCCCCOc1ccc(C=C2C(=O)NC(=O)NC2=O)cc1OC. The van der Waals surface area contributed by atoms with Gasteiger partial charge in [-0.05, 0) is 30.2 Å². The number of ether oxygens (including phenoxy) is 2. The molecule has 0 spiro atoms. The Morgan fingerprint density at radius 3 is 2.26 bits per heavy atom. The van der Waals surface area contributed by atoms with E-state index in [1.54, 1.807) is 18.2 Å². The highest BCUT2D eigenvalue weighted by Crippen LogP contribution is 2.29. The molecule has 7 nitrogen and oxygen atoms in total. The number of hydrogen-bond acceptors (Lipinski definition) is 5. The molecular weight excluding hydrogens is 348 g/mol. The topological polar surface area (TPSA) is 93.7 Å². The first-order valence-corrected chi connectivity index (χ1v) is 9.24. The second-order valence-electron chi connectivity index (χ2n) is 6.32. The molecule has 2 N–H and O–H groups in total. The average molecular weight is 374 g/mol. The number of imide groups is 2. The Morgan fingerprint density at radius 1 is 0.926 bits per heavy atom. The molecule has 27 heavy (non-hydrogen) atoms. The van der Waals surface area contributed by atoms with Crippen LogP contribution in [0.2, 0.25) is 0 Å². The molecule has 0 aliphatic carbocycles. The van der Waals surface area contributed by atoms with Crippen molar-refractivity contribution < 1.29 is 23.9 Å². The first kappa shape index (κ1) is 20.5. The maximum Gasteiger partial charge on any atom is 0.328 e. The zero-order valence-corrected chi connectivity index (χ0v) is 15.8. The molecule has 0 aromatic heterocycles. The quantitative estimate of drug-likeness (QED) is 0.373. The molecule has 0 unspecified atom stereocenters. The van der Waals surface area contributed by atoms with Gasteiger partial charge in [0.1, 0.15) is 5.57 Å². The van der Waals surface area contributed by atoms with Gasteiger partial charge in [0.15, 0.2) is 11.5 Å². The molecule has 0 radical (unpaired) electrons. The number of benzene rings is 1. The van der Waals surface area contributed by atoms with Gasteiger partial charge in [-0.15, -0.1) is 0 Å². The molecule has 4 amide bonds. The number of carbonyl (C=O) groups is 3. The third-order valence-corrected chi connectivity index (χ3v) is 4.20. The number of nitrogens with one attached hydrogen (secondary N) is 2. The van der Waals surface area contributed by atoms with Crippen LogP contribution in [-0.2, 0) is 9.59 Å². The highest BCUT2D eigenvalue weighted by atomic mass is 16.5. The molecule has 1 aliphatic rings. The second-order valence-corrected chi connectivity index (χ2v) is 6.32. The van der Waals surface area contributed by atoms with E-state index in [1.807, 2.05) is 10.6 Å². The Hall–Kier alpha value is -2.83. The minimum Gasteiger partial charge on any atom is -0.493 e. The minimum atomic E-state index is -0.821. The maximum atomic E-state index is 11.8. The van der Waals surface area contributed by atoms with Gasteiger partial charge < -0.3 is 9.47 Å². The molecule has 1 fully saturated rings. The molecule has 1 heterocycles. The van der Waals surface area contributed by atoms with Crippen molar-refractivity contribution in [2.75, 3.05) is 13.7 Å². The molecule has 1 aliphatic heterocycles. The fourth-order valence-corrected chi connectivity index (χ4v) is 2.73. The lowest BCUT2D eigenvalue weighted by Crippen LogP contribution is -2.51. The van der Waals surface area contributed by atoms with Crippen molar-refractivity contribution >= 4 is 23.9 Å². The van der Waals surface area contributed by atoms with Crippen molar-refractivity contribution in [3.05, 3.63) is 29.3 Å². The van der Waals surface area contributed by atoms with Crippen LogP contribution in [0, 0.1) is 0 Å². The van der Waals surface area contributed by atoms with Crippen molar-refractivity contribution in [3.8, 4) is 11.5 Å². The van der Waals surface area contributed by atoms with Gasteiger partial charge in [0.25, 0.3) is 11.8 Å². The highest BCUT2D eigenvalue weighted by Gasteiger charge is 2.27. The van der Waals surface area contributed by atoms with Crippen LogP contribution in [0.25, 0.3) is 6.08 Å². The lowest BCUT2D eigenvalue weighted by Gasteiger charge is -2.14. The second kappa shape index (κ2) is 10.4. The first-order chi connectivity index (χ1) is 13.0. The van der Waals surface area contributed by atoms with E-state index < -0.39 is 17.8 Å². The largest absolute Gasteiger partial charge is 0.493 e. The Bertz CT molecular complexity index is 705. The predicted octanol–water partition coefficient (Wildman–Crippen LogP) is 3.18. The summed E-state index contributed by atoms with van der Waals surface area (Å²) in [6, 6.07) is 4.33. The zero-order valence-electron chi connectivity index (χ0n) is 15.8. The fourth-order valence-electron chi connectivity index (χ4n) is 2.73. The Morgan fingerprint density at radius 2 is 1.59 bits per heavy atom. The van der Waals surface area contributed by atoms with E-state index in [0.29, 0.717) is 23.7 Å². The minimum absolute atomic E-state index is 0.141. The van der Waals surface area contributed by atoms with Gasteiger partial charge in [0.2, 0.25) is 0 Å². The van der Waals surface area contributed by atoms with Crippen LogP contribution in [0.15, 0.2) is 23.8 Å². The fraction of sp³-hybridized carbons (Fsp3) is 0.450. The van der Waals surface area contributed by atoms with Crippen LogP contribution < -0.4 is 20.1 Å². The summed E-state index contributed by atoms with van der Waals surface area (Å²) in [5, 5.41) is 4.08. The Kier molecular flexibility index (Phi) is 7.85. The number of carbonyl (C=O) groups excluding carboxylic acids is 3. The van der Waals surface area contributed by atoms with Crippen LogP contribution in [-0.4, -0.2) is 31.6 Å². The summed E-state index contributed by atoms with van der Waals surface area (Å²) in [6.07, 6.45) is 8.49. The number of amides is 4. The van der Waals surface area contributed by atoms with Crippen LogP contribution in [0.5, 0.6) is 11.5 Å². The van der Waals surface area contributed by atoms with Crippen LogP contribution in [0.1, 0.15) is 51.0 Å². The molecule has 1 saturated heterocycles. The molecule has 0 bridgehead atoms.